The summed E-state index contributed by atoms with van der Waals surface area (Å²) in [7, 11) is -9.87. The Labute approximate surface area is 492 Å². The number of rotatable bonds is 61. The molecule has 0 fully saturated rings. The van der Waals surface area contributed by atoms with Crippen LogP contribution < -0.4 is 0 Å². The topological polar surface area (TPSA) is 237 Å². The van der Waals surface area contributed by atoms with Gasteiger partial charge in [0.1, 0.15) is 19.3 Å². The van der Waals surface area contributed by atoms with E-state index in [0.29, 0.717) is 25.7 Å². The number of aliphatic hydroxyl groups is 1. The monoisotopic (exact) mass is 1200 g/mol. The molecule has 0 aliphatic heterocycles. The van der Waals surface area contributed by atoms with Crippen molar-refractivity contribution in [2.75, 3.05) is 39.6 Å². The number of esters is 4. The summed E-state index contributed by atoms with van der Waals surface area (Å²) in [6, 6.07) is 0. The fourth-order valence-corrected chi connectivity index (χ4v) is 10.8. The summed E-state index contributed by atoms with van der Waals surface area (Å²) in [5.41, 5.74) is 0. The minimum absolute atomic E-state index is 0.103. The van der Waals surface area contributed by atoms with Gasteiger partial charge in [0, 0.05) is 25.7 Å². The molecule has 2 unspecified atom stereocenters. The van der Waals surface area contributed by atoms with Gasteiger partial charge in [0.05, 0.1) is 26.4 Å². The van der Waals surface area contributed by atoms with E-state index in [1.807, 2.05) is 0 Å². The lowest BCUT2D eigenvalue weighted by Crippen LogP contribution is -2.30. The number of aliphatic hydroxyl groups excluding tert-OH is 1. The van der Waals surface area contributed by atoms with Crippen molar-refractivity contribution in [1.29, 1.82) is 0 Å². The van der Waals surface area contributed by atoms with Gasteiger partial charge in [-0.3, -0.25) is 37.3 Å². The lowest BCUT2D eigenvalue weighted by atomic mass is 10.0. The Morgan fingerprint density at radius 3 is 0.840 bits per heavy atom. The Bertz CT molecular complexity index is 1600. The SMILES string of the molecule is CCCCCCCCCC(=O)O[C@H](COC(=O)CCCCCCC)COP(=O)(O)OC[C@H](O)COP(=O)(O)OC[C@@H](COC(=O)CCCCCCCCCCCCC(C)C)OC(=O)CCCCCCCCCCCCCCCC(C)C. The fraction of sp³-hybridized carbons (Fsp3) is 0.935. The van der Waals surface area contributed by atoms with E-state index in [4.69, 9.17) is 37.0 Å². The third kappa shape index (κ3) is 56.9. The highest BCUT2D eigenvalue weighted by atomic mass is 31.2. The zero-order chi connectivity index (χ0) is 60.1. The number of carbonyl (C=O) groups is 4. The highest BCUT2D eigenvalue weighted by Gasteiger charge is 2.30. The third-order valence-corrected chi connectivity index (χ3v) is 16.1. The minimum Gasteiger partial charge on any atom is -0.462 e. The van der Waals surface area contributed by atoms with Crippen molar-refractivity contribution in [3.63, 3.8) is 0 Å². The Kier molecular flexibility index (Phi) is 53.4. The molecule has 17 nitrogen and oxygen atoms in total. The summed E-state index contributed by atoms with van der Waals surface area (Å²) in [5, 5.41) is 10.5. The van der Waals surface area contributed by atoms with Gasteiger partial charge in [0.25, 0.3) is 0 Å². The van der Waals surface area contributed by atoms with Gasteiger partial charge in [-0.05, 0) is 37.5 Å². The largest absolute Gasteiger partial charge is 0.472 e. The molecule has 0 saturated carbocycles. The molecule has 81 heavy (non-hydrogen) atoms. The summed E-state index contributed by atoms with van der Waals surface area (Å²) >= 11 is 0. The van der Waals surface area contributed by atoms with E-state index < -0.39 is 97.5 Å². The molecule has 0 radical (unpaired) electrons. The third-order valence-electron chi connectivity index (χ3n) is 14.2. The van der Waals surface area contributed by atoms with Crippen molar-refractivity contribution in [3.8, 4) is 0 Å². The molecular formula is C62H120O17P2. The van der Waals surface area contributed by atoms with Gasteiger partial charge in [-0.25, -0.2) is 9.13 Å². The van der Waals surface area contributed by atoms with E-state index in [0.717, 1.165) is 121 Å². The van der Waals surface area contributed by atoms with Gasteiger partial charge in [-0.15, -0.1) is 0 Å². The molecule has 0 rings (SSSR count). The van der Waals surface area contributed by atoms with Crippen molar-refractivity contribution in [2.45, 2.75) is 323 Å². The quantitative estimate of drug-likeness (QED) is 0.0222. The van der Waals surface area contributed by atoms with Gasteiger partial charge in [-0.1, -0.05) is 253 Å². The van der Waals surface area contributed by atoms with Gasteiger partial charge in [0.2, 0.25) is 0 Å². The van der Waals surface area contributed by atoms with Crippen molar-refractivity contribution in [3.05, 3.63) is 0 Å². The molecule has 480 valence electrons. The molecule has 0 aliphatic rings. The fourth-order valence-electron chi connectivity index (χ4n) is 9.18. The van der Waals surface area contributed by atoms with Crippen LogP contribution in [0.15, 0.2) is 0 Å². The van der Waals surface area contributed by atoms with E-state index in [-0.39, 0.29) is 25.7 Å². The molecule has 3 N–H and O–H groups in total. The maximum absolute atomic E-state index is 13.0. The number of carbonyl (C=O) groups excluding carboxylic acids is 4. The first-order chi connectivity index (χ1) is 38.9. The first-order valence-corrected chi connectivity index (χ1v) is 35.5. The van der Waals surface area contributed by atoms with Crippen molar-refractivity contribution in [2.24, 2.45) is 11.8 Å². The highest BCUT2D eigenvalue weighted by Crippen LogP contribution is 2.45. The van der Waals surface area contributed by atoms with Crippen molar-refractivity contribution < 1.29 is 80.2 Å². The molecule has 0 aromatic rings. The van der Waals surface area contributed by atoms with Crippen LogP contribution in [0.25, 0.3) is 0 Å². The summed E-state index contributed by atoms with van der Waals surface area (Å²) in [6.45, 7) is 9.36. The molecule has 0 bridgehead atoms. The second-order valence-electron chi connectivity index (χ2n) is 23.4. The normalized spacial score (nSPS) is 14.4. The van der Waals surface area contributed by atoms with Gasteiger partial charge in [-0.2, -0.15) is 0 Å². The standard InChI is InChI=1S/C62H120O17P2/c1-7-9-11-13-25-34-40-46-61(66)78-57(50-72-59(64)44-38-30-12-10-8-2)52-76-80(68,69)74-48-56(63)49-75-81(70,71)77-53-58(51-73-60(65)45-39-33-28-23-20-19-22-27-32-37-43-55(5)6)79-62(67)47-41-35-29-24-18-16-14-15-17-21-26-31-36-42-54(3)4/h54-58,63H,7-53H2,1-6H3,(H,68,69)(H,70,71)/t56-,57+,58+/m0/s1. The molecule has 0 aliphatic carbocycles. The molecule has 0 saturated heterocycles. The first kappa shape index (κ1) is 79.1. The van der Waals surface area contributed by atoms with Crippen LogP contribution in [-0.2, 0) is 65.4 Å². The van der Waals surface area contributed by atoms with Crippen LogP contribution >= 0.6 is 15.6 Å². The van der Waals surface area contributed by atoms with E-state index in [2.05, 4.69) is 41.5 Å². The van der Waals surface area contributed by atoms with E-state index >= 15 is 0 Å². The van der Waals surface area contributed by atoms with Crippen molar-refractivity contribution in [1.82, 2.24) is 0 Å². The Balaban J connectivity index is 5.15. The second kappa shape index (κ2) is 54.7. The molecule has 0 amide bonds. The second-order valence-corrected chi connectivity index (χ2v) is 26.3. The van der Waals surface area contributed by atoms with Crippen LogP contribution in [0.2, 0.25) is 0 Å². The lowest BCUT2D eigenvalue weighted by molar-refractivity contribution is -0.161. The number of hydrogen-bond acceptors (Lipinski definition) is 15. The molecule has 5 atom stereocenters. The lowest BCUT2D eigenvalue weighted by Gasteiger charge is -2.21. The average Bonchev–Trinajstić information content (AvgIpc) is 3.42. The molecule has 0 aromatic carbocycles. The summed E-state index contributed by atoms with van der Waals surface area (Å²) < 4.78 is 67.6. The van der Waals surface area contributed by atoms with Gasteiger partial charge >= 0.3 is 39.5 Å². The van der Waals surface area contributed by atoms with Crippen LogP contribution in [0.1, 0.15) is 305 Å². The average molecular weight is 1200 g/mol. The predicted molar refractivity (Wildman–Crippen MR) is 321 cm³/mol. The molecule has 0 spiro atoms. The zero-order valence-electron chi connectivity index (χ0n) is 52.1. The smallest absolute Gasteiger partial charge is 0.462 e. The molecule has 0 aromatic heterocycles. The molecule has 19 heteroatoms. The van der Waals surface area contributed by atoms with E-state index in [9.17, 15) is 43.2 Å². The predicted octanol–water partition coefficient (Wildman–Crippen LogP) is 16.9. The summed E-state index contributed by atoms with van der Waals surface area (Å²) in [5.74, 6) is -0.606. The minimum atomic E-state index is -4.94. The summed E-state index contributed by atoms with van der Waals surface area (Å²) in [6.07, 6.45) is 36.7. The van der Waals surface area contributed by atoms with Crippen LogP contribution in [0.3, 0.4) is 0 Å². The first-order valence-electron chi connectivity index (χ1n) is 32.5. The maximum atomic E-state index is 13.0. The Morgan fingerprint density at radius 2 is 0.568 bits per heavy atom. The van der Waals surface area contributed by atoms with Crippen molar-refractivity contribution >= 4 is 39.5 Å². The number of phosphoric acid groups is 2. The van der Waals surface area contributed by atoms with Crippen LogP contribution in [0, 0.1) is 11.8 Å². The zero-order valence-corrected chi connectivity index (χ0v) is 53.9. The Morgan fingerprint density at radius 1 is 0.333 bits per heavy atom. The maximum Gasteiger partial charge on any atom is 0.472 e. The van der Waals surface area contributed by atoms with Crippen LogP contribution in [-0.4, -0.2) is 96.7 Å². The van der Waals surface area contributed by atoms with E-state index in [1.165, 1.54) is 103 Å². The van der Waals surface area contributed by atoms with Crippen LogP contribution in [0.5, 0.6) is 0 Å². The molecule has 0 heterocycles. The van der Waals surface area contributed by atoms with Gasteiger partial charge in [0.15, 0.2) is 12.2 Å². The number of unbranched alkanes of at least 4 members (excludes halogenated alkanes) is 31. The number of ether oxygens (including phenoxy) is 4. The van der Waals surface area contributed by atoms with Gasteiger partial charge < -0.3 is 33.8 Å². The molecular weight excluding hydrogens is 1080 g/mol. The van der Waals surface area contributed by atoms with E-state index in [1.54, 1.807) is 0 Å². The number of hydrogen-bond donors (Lipinski definition) is 3. The Hall–Kier alpha value is -1.94. The number of phosphoric ester groups is 2. The summed E-state index contributed by atoms with van der Waals surface area (Å²) in [4.78, 5) is 71.8. The highest BCUT2D eigenvalue weighted by molar-refractivity contribution is 7.47. The van der Waals surface area contributed by atoms with Crippen LogP contribution in [0.4, 0.5) is 0 Å².